The second kappa shape index (κ2) is 9.00. The maximum Gasteiger partial charge on any atom is 0.259 e. The smallest absolute Gasteiger partial charge is 0.259 e. The summed E-state index contributed by atoms with van der Waals surface area (Å²) >= 11 is 0. The molecule has 2 aromatic rings. The Labute approximate surface area is 176 Å². The minimum Gasteiger partial charge on any atom is -0.480 e. The number of aromatic nitrogens is 1. The highest BCUT2D eigenvalue weighted by atomic mass is 19.1. The minimum absolute atomic E-state index is 0.0208. The minimum atomic E-state index is -0.207. The number of ether oxygens (including phenoxy) is 2. The molecule has 1 fully saturated rings. The van der Waals surface area contributed by atoms with Gasteiger partial charge in [-0.1, -0.05) is 12.1 Å². The molecule has 0 spiro atoms. The Morgan fingerprint density at radius 3 is 2.57 bits per heavy atom. The average molecular weight is 413 g/mol. The fraction of sp³-hybridized carbons (Fsp3) is 0.478. The largest absolute Gasteiger partial charge is 0.480 e. The van der Waals surface area contributed by atoms with Crippen molar-refractivity contribution in [1.82, 2.24) is 9.88 Å². The monoisotopic (exact) mass is 413 g/mol. The lowest BCUT2D eigenvalue weighted by molar-refractivity contribution is 0.0686. The van der Waals surface area contributed by atoms with Gasteiger partial charge in [0.05, 0.1) is 7.11 Å². The quantitative estimate of drug-likeness (QED) is 0.728. The number of hydrogen-bond acceptors (Lipinski definition) is 5. The molecular weight excluding hydrogens is 385 g/mol. The van der Waals surface area contributed by atoms with Crippen LogP contribution < -0.4 is 9.64 Å². The molecule has 4 rings (SSSR count). The third-order valence-electron chi connectivity index (χ3n) is 6.04. The number of nitrogens with zero attached hydrogens (tertiary/aromatic N) is 3. The molecule has 0 N–H and O–H groups in total. The number of carbonyl (C=O) groups excluding carboxylic acids is 1. The fourth-order valence-electron chi connectivity index (χ4n) is 4.40. The number of carbonyl (C=O) groups is 1. The van der Waals surface area contributed by atoms with Crippen LogP contribution in [-0.4, -0.2) is 56.4 Å². The molecule has 0 radical (unpaired) electrons. The molecule has 0 aliphatic carbocycles. The number of methoxy groups -OCH3 is 2. The van der Waals surface area contributed by atoms with E-state index in [-0.39, 0.29) is 11.7 Å². The highest BCUT2D eigenvalue weighted by Crippen LogP contribution is 2.32. The van der Waals surface area contributed by atoms with Gasteiger partial charge in [-0.3, -0.25) is 4.79 Å². The lowest BCUT2D eigenvalue weighted by Crippen LogP contribution is -2.39. The Morgan fingerprint density at radius 2 is 1.90 bits per heavy atom. The standard InChI is InChI=1S/C23H28FN3O3/c1-29-15-27-12-9-18-14-20(22(30-2)25-21(18)27)23(28)26-10-7-17(8-11-26)13-16-3-5-19(24)6-4-16/h3-6,14,17H,7-13,15H2,1-2H3. The van der Waals surface area contributed by atoms with E-state index in [9.17, 15) is 9.18 Å². The van der Waals surface area contributed by atoms with Crippen molar-refractivity contribution in [2.24, 2.45) is 5.92 Å². The summed E-state index contributed by atoms with van der Waals surface area (Å²) in [5, 5.41) is 0. The van der Waals surface area contributed by atoms with Crippen LogP contribution in [0, 0.1) is 11.7 Å². The summed E-state index contributed by atoms with van der Waals surface area (Å²) in [5.74, 6) is 1.48. The molecule has 1 saturated heterocycles. The number of anilines is 1. The van der Waals surface area contributed by atoms with Gasteiger partial charge in [-0.2, -0.15) is 4.98 Å². The van der Waals surface area contributed by atoms with Crippen LogP contribution in [0.5, 0.6) is 5.88 Å². The van der Waals surface area contributed by atoms with Gasteiger partial charge in [0.15, 0.2) is 0 Å². The fourth-order valence-corrected chi connectivity index (χ4v) is 4.40. The number of rotatable bonds is 6. The van der Waals surface area contributed by atoms with Gasteiger partial charge in [0.2, 0.25) is 5.88 Å². The number of halogens is 1. The molecule has 0 unspecified atom stereocenters. The first-order chi connectivity index (χ1) is 14.6. The van der Waals surface area contributed by atoms with Gasteiger partial charge in [0.1, 0.15) is 23.9 Å². The predicted octanol–water partition coefficient (Wildman–Crippen LogP) is 3.29. The van der Waals surface area contributed by atoms with Crippen LogP contribution in [0.3, 0.4) is 0 Å². The van der Waals surface area contributed by atoms with E-state index in [0.717, 1.165) is 49.2 Å². The molecule has 3 heterocycles. The number of piperidine rings is 1. The van der Waals surface area contributed by atoms with Crippen molar-refractivity contribution in [2.75, 3.05) is 45.5 Å². The molecule has 2 aliphatic heterocycles. The second-order valence-corrected chi connectivity index (χ2v) is 8.03. The zero-order valence-corrected chi connectivity index (χ0v) is 17.6. The van der Waals surface area contributed by atoms with Gasteiger partial charge >= 0.3 is 0 Å². The van der Waals surface area contributed by atoms with E-state index in [4.69, 9.17) is 9.47 Å². The van der Waals surface area contributed by atoms with E-state index >= 15 is 0 Å². The highest BCUT2D eigenvalue weighted by molar-refractivity contribution is 5.97. The van der Waals surface area contributed by atoms with E-state index in [0.29, 0.717) is 37.2 Å². The number of pyridine rings is 1. The molecule has 0 saturated carbocycles. The summed E-state index contributed by atoms with van der Waals surface area (Å²) in [6.45, 7) is 2.71. The maximum atomic E-state index is 13.2. The Hall–Kier alpha value is -2.67. The summed E-state index contributed by atoms with van der Waals surface area (Å²) in [6, 6.07) is 8.65. The molecule has 1 aromatic heterocycles. The van der Waals surface area contributed by atoms with Crippen molar-refractivity contribution in [3.63, 3.8) is 0 Å². The summed E-state index contributed by atoms with van der Waals surface area (Å²) in [7, 11) is 3.21. The van der Waals surface area contributed by atoms with E-state index in [1.54, 1.807) is 14.2 Å². The van der Waals surface area contributed by atoms with Crippen molar-refractivity contribution in [1.29, 1.82) is 0 Å². The number of amides is 1. The highest BCUT2D eigenvalue weighted by Gasteiger charge is 2.29. The number of benzene rings is 1. The van der Waals surface area contributed by atoms with Crippen LogP contribution in [0.2, 0.25) is 0 Å². The lowest BCUT2D eigenvalue weighted by atomic mass is 9.90. The van der Waals surface area contributed by atoms with Crippen LogP contribution in [0.25, 0.3) is 0 Å². The second-order valence-electron chi connectivity index (χ2n) is 8.03. The topological polar surface area (TPSA) is 54.9 Å². The Morgan fingerprint density at radius 1 is 1.17 bits per heavy atom. The Kier molecular flexibility index (Phi) is 6.18. The number of fused-ring (bicyclic) bond motifs is 1. The van der Waals surface area contributed by atoms with Crippen molar-refractivity contribution < 1.29 is 18.7 Å². The van der Waals surface area contributed by atoms with Crippen molar-refractivity contribution in [3.8, 4) is 5.88 Å². The van der Waals surface area contributed by atoms with Crippen LogP contribution in [0.4, 0.5) is 10.2 Å². The number of likely N-dealkylation sites (tertiary alicyclic amines) is 1. The van der Waals surface area contributed by atoms with E-state index in [1.165, 1.54) is 12.1 Å². The molecule has 2 aliphatic rings. The summed E-state index contributed by atoms with van der Waals surface area (Å²) in [5.41, 5.74) is 2.74. The third kappa shape index (κ3) is 4.26. The van der Waals surface area contributed by atoms with Crippen molar-refractivity contribution >= 4 is 11.7 Å². The van der Waals surface area contributed by atoms with Crippen LogP contribution in [-0.2, 0) is 17.6 Å². The first-order valence-corrected chi connectivity index (χ1v) is 10.4. The van der Waals surface area contributed by atoms with Gasteiger partial charge in [0, 0.05) is 26.7 Å². The van der Waals surface area contributed by atoms with Gasteiger partial charge in [-0.05, 0) is 60.9 Å². The first-order valence-electron chi connectivity index (χ1n) is 10.4. The van der Waals surface area contributed by atoms with Gasteiger partial charge < -0.3 is 19.3 Å². The first kappa shape index (κ1) is 20.6. The zero-order valence-electron chi connectivity index (χ0n) is 17.6. The van der Waals surface area contributed by atoms with E-state index in [2.05, 4.69) is 4.98 Å². The molecule has 7 heteroatoms. The molecule has 160 valence electrons. The average Bonchev–Trinajstić information content (AvgIpc) is 3.16. The summed E-state index contributed by atoms with van der Waals surface area (Å²) in [4.78, 5) is 21.8. The SMILES string of the molecule is COCN1CCc2cc(C(=O)N3CCC(Cc4ccc(F)cc4)CC3)c(OC)nc21. The molecule has 6 nitrogen and oxygen atoms in total. The maximum absolute atomic E-state index is 13.2. The normalized spacial score (nSPS) is 16.6. The zero-order chi connectivity index (χ0) is 21.1. The Bertz CT molecular complexity index is 895. The van der Waals surface area contributed by atoms with Crippen LogP contribution in [0.1, 0.15) is 34.3 Å². The van der Waals surface area contributed by atoms with Gasteiger partial charge in [-0.15, -0.1) is 0 Å². The van der Waals surface area contributed by atoms with Crippen molar-refractivity contribution in [3.05, 3.63) is 52.8 Å². The number of hydrogen-bond donors (Lipinski definition) is 0. The van der Waals surface area contributed by atoms with Crippen molar-refractivity contribution in [2.45, 2.75) is 25.7 Å². The summed E-state index contributed by atoms with van der Waals surface area (Å²) < 4.78 is 23.8. The van der Waals surface area contributed by atoms with Gasteiger partial charge in [-0.25, -0.2) is 4.39 Å². The molecule has 1 aromatic carbocycles. The molecule has 1 amide bonds. The lowest BCUT2D eigenvalue weighted by Gasteiger charge is -2.32. The third-order valence-corrected chi connectivity index (χ3v) is 6.04. The van der Waals surface area contributed by atoms with Crippen LogP contribution in [0.15, 0.2) is 30.3 Å². The van der Waals surface area contributed by atoms with E-state index in [1.807, 2.05) is 28.0 Å². The van der Waals surface area contributed by atoms with Crippen LogP contribution >= 0.6 is 0 Å². The predicted molar refractivity (Wildman–Crippen MR) is 112 cm³/mol. The van der Waals surface area contributed by atoms with Gasteiger partial charge in [0.25, 0.3) is 5.91 Å². The summed E-state index contributed by atoms with van der Waals surface area (Å²) in [6.07, 6.45) is 3.63. The van der Waals surface area contributed by atoms with E-state index < -0.39 is 0 Å². The molecule has 30 heavy (non-hydrogen) atoms. The molecular formula is C23H28FN3O3. The molecule has 0 bridgehead atoms. The Balaban J connectivity index is 1.42. The molecule has 0 atom stereocenters.